The summed E-state index contributed by atoms with van der Waals surface area (Å²) in [5.41, 5.74) is 1.99. The van der Waals surface area contributed by atoms with Crippen molar-refractivity contribution in [2.24, 2.45) is 0 Å². The van der Waals surface area contributed by atoms with Crippen molar-refractivity contribution in [2.75, 3.05) is 6.26 Å². The number of nitrogens with zero attached hydrogens (tertiary/aromatic N) is 2. The molecule has 1 heterocycles. The molecule has 108 valence electrons. The first-order valence-corrected chi connectivity index (χ1v) is 9.07. The summed E-state index contributed by atoms with van der Waals surface area (Å²) in [5, 5.41) is 1.24. The standard InChI is InChI=1S/C15H18Cl2N2S/c1-9(16)15-18-14-10(17)5-3-7-12(14)19(15)11-6-4-8-13(11)20-2/h3,5,7,9,11,13H,4,6,8H2,1-2H3. The number of benzene rings is 1. The number of hydrogen-bond donors (Lipinski definition) is 0. The van der Waals surface area contributed by atoms with Crippen LogP contribution >= 0.6 is 35.0 Å². The van der Waals surface area contributed by atoms with Crippen LogP contribution in [-0.4, -0.2) is 21.1 Å². The van der Waals surface area contributed by atoms with E-state index in [1.54, 1.807) is 0 Å². The number of fused-ring (bicyclic) bond motifs is 1. The minimum atomic E-state index is -0.110. The highest BCUT2D eigenvalue weighted by molar-refractivity contribution is 7.99. The molecule has 2 nitrogen and oxygen atoms in total. The fourth-order valence-corrected chi connectivity index (χ4v) is 4.55. The van der Waals surface area contributed by atoms with E-state index in [0.29, 0.717) is 16.3 Å². The molecule has 0 aliphatic heterocycles. The lowest BCUT2D eigenvalue weighted by atomic mass is 10.2. The van der Waals surface area contributed by atoms with Crippen molar-refractivity contribution in [2.45, 2.75) is 42.9 Å². The minimum Gasteiger partial charge on any atom is -0.322 e. The lowest BCUT2D eigenvalue weighted by molar-refractivity contribution is 0.520. The molecule has 3 atom stereocenters. The number of thioether (sulfide) groups is 1. The predicted octanol–water partition coefficient (Wildman–Crippen LogP) is 5.45. The molecule has 0 radical (unpaired) electrons. The van der Waals surface area contributed by atoms with Crippen molar-refractivity contribution in [1.82, 2.24) is 9.55 Å². The molecule has 2 aromatic rings. The number of para-hydroxylation sites is 1. The average Bonchev–Trinajstić information content (AvgIpc) is 3.01. The highest BCUT2D eigenvalue weighted by atomic mass is 35.5. The van der Waals surface area contributed by atoms with Crippen LogP contribution in [0.1, 0.15) is 43.4 Å². The Morgan fingerprint density at radius 3 is 2.90 bits per heavy atom. The van der Waals surface area contributed by atoms with Crippen molar-refractivity contribution in [3.8, 4) is 0 Å². The Balaban J connectivity index is 2.21. The molecule has 5 heteroatoms. The van der Waals surface area contributed by atoms with Gasteiger partial charge in [0.15, 0.2) is 0 Å². The molecule has 1 saturated carbocycles. The quantitative estimate of drug-likeness (QED) is 0.697. The molecule has 0 spiro atoms. The molecule has 1 aromatic carbocycles. The maximum atomic E-state index is 6.37. The van der Waals surface area contributed by atoms with Crippen molar-refractivity contribution in [1.29, 1.82) is 0 Å². The van der Waals surface area contributed by atoms with E-state index < -0.39 is 0 Å². The second-order valence-corrected chi connectivity index (χ2v) is 7.47. The van der Waals surface area contributed by atoms with Crippen LogP contribution in [0.5, 0.6) is 0 Å². The van der Waals surface area contributed by atoms with E-state index in [2.05, 4.69) is 16.9 Å². The van der Waals surface area contributed by atoms with Gasteiger partial charge in [0.1, 0.15) is 11.3 Å². The zero-order valence-corrected chi connectivity index (χ0v) is 14.0. The molecule has 3 rings (SSSR count). The molecule has 1 fully saturated rings. The first-order chi connectivity index (χ1) is 9.63. The first kappa shape index (κ1) is 14.6. The summed E-state index contributed by atoms with van der Waals surface area (Å²) in [6.45, 7) is 1.98. The number of halogens is 2. The second-order valence-electron chi connectivity index (χ2n) is 5.34. The maximum absolute atomic E-state index is 6.37. The summed E-state index contributed by atoms with van der Waals surface area (Å²) in [4.78, 5) is 4.71. The summed E-state index contributed by atoms with van der Waals surface area (Å²) in [6, 6.07) is 6.47. The zero-order chi connectivity index (χ0) is 14.3. The van der Waals surface area contributed by atoms with Crippen LogP contribution < -0.4 is 0 Å². The number of rotatable bonds is 3. The first-order valence-electron chi connectivity index (χ1n) is 6.96. The van der Waals surface area contributed by atoms with Gasteiger partial charge in [0.2, 0.25) is 0 Å². The third-order valence-electron chi connectivity index (χ3n) is 4.11. The van der Waals surface area contributed by atoms with E-state index in [0.717, 1.165) is 16.9 Å². The van der Waals surface area contributed by atoms with Crippen LogP contribution in [0.15, 0.2) is 18.2 Å². The molecule has 1 aliphatic rings. The van der Waals surface area contributed by atoms with Crippen LogP contribution in [0.2, 0.25) is 5.02 Å². The van der Waals surface area contributed by atoms with Crippen molar-refractivity contribution < 1.29 is 0 Å². The number of alkyl halides is 1. The summed E-state index contributed by atoms with van der Waals surface area (Å²) < 4.78 is 2.34. The number of imidazole rings is 1. The van der Waals surface area contributed by atoms with Gasteiger partial charge >= 0.3 is 0 Å². The van der Waals surface area contributed by atoms with Crippen LogP contribution in [0.3, 0.4) is 0 Å². The molecular formula is C15H18Cl2N2S. The molecule has 20 heavy (non-hydrogen) atoms. The molecule has 0 bridgehead atoms. The third-order valence-corrected chi connectivity index (χ3v) is 5.76. The van der Waals surface area contributed by atoms with Gasteiger partial charge in [-0.15, -0.1) is 11.6 Å². The molecular weight excluding hydrogens is 311 g/mol. The fourth-order valence-electron chi connectivity index (χ4n) is 3.21. The normalized spacial score (nSPS) is 24.4. The van der Waals surface area contributed by atoms with Crippen LogP contribution in [0.4, 0.5) is 0 Å². The number of aromatic nitrogens is 2. The van der Waals surface area contributed by atoms with Gasteiger partial charge in [-0.1, -0.05) is 24.1 Å². The summed E-state index contributed by atoms with van der Waals surface area (Å²) in [7, 11) is 0. The Hall–Kier alpha value is -0.380. The molecule has 1 aliphatic carbocycles. The summed E-state index contributed by atoms with van der Waals surface area (Å²) in [5.74, 6) is 0.945. The van der Waals surface area contributed by atoms with Gasteiger partial charge < -0.3 is 4.57 Å². The van der Waals surface area contributed by atoms with E-state index in [1.165, 1.54) is 19.3 Å². The third kappa shape index (κ3) is 2.34. The highest BCUT2D eigenvalue weighted by Gasteiger charge is 2.32. The lowest BCUT2D eigenvalue weighted by Crippen LogP contribution is -2.18. The SMILES string of the molecule is CSC1CCCC1n1c(C(C)Cl)nc2c(Cl)cccc21. The Bertz CT molecular complexity index is 624. The Morgan fingerprint density at radius 2 is 2.20 bits per heavy atom. The van der Waals surface area contributed by atoms with Gasteiger partial charge in [-0.3, -0.25) is 0 Å². The molecule has 1 aromatic heterocycles. The average molecular weight is 329 g/mol. The second kappa shape index (κ2) is 5.78. The van der Waals surface area contributed by atoms with Gasteiger partial charge in [-0.25, -0.2) is 4.98 Å². The van der Waals surface area contributed by atoms with Crippen LogP contribution in [-0.2, 0) is 0 Å². The van der Waals surface area contributed by atoms with E-state index >= 15 is 0 Å². The topological polar surface area (TPSA) is 17.8 Å². The Kier molecular flexibility index (Phi) is 4.21. The molecule has 3 unspecified atom stereocenters. The van der Waals surface area contributed by atoms with Gasteiger partial charge in [-0.2, -0.15) is 11.8 Å². The van der Waals surface area contributed by atoms with Crippen LogP contribution in [0.25, 0.3) is 11.0 Å². The van der Waals surface area contributed by atoms with Crippen molar-refractivity contribution >= 4 is 46.0 Å². The largest absolute Gasteiger partial charge is 0.322 e. The van der Waals surface area contributed by atoms with Crippen LogP contribution in [0, 0.1) is 0 Å². The van der Waals surface area contributed by atoms with Crippen molar-refractivity contribution in [3.63, 3.8) is 0 Å². The smallest absolute Gasteiger partial charge is 0.128 e. The summed E-state index contributed by atoms with van der Waals surface area (Å²) in [6.07, 6.45) is 5.92. The predicted molar refractivity (Wildman–Crippen MR) is 89.2 cm³/mol. The van der Waals surface area contributed by atoms with Gasteiger partial charge in [0, 0.05) is 11.3 Å². The maximum Gasteiger partial charge on any atom is 0.128 e. The Labute approximate surface area is 133 Å². The van der Waals surface area contributed by atoms with E-state index in [-0.39, 0.29) is 5.38 Å². The van der Waals surface area contributed by atoms with E-state index in [1.807, 2.05) is 30.8 Å². The van der Waals surface area contributed by atoms with E-state index in [4.69, 9.17) is 28.2 Å². The number of hydrogen-bond acceptors (Lipinski definition) is 2. The molecule has 0 N–H and O–H groups in total. The highest BCUT2D eigenvalue weighted by Crippen LogP contribution is 2.42. The van der Waals surface area contributed by atoms with Gasteiger partial charge in [-0.05, 0) is 38.2 Å². The van der Waals surface area contributed by atoms with Gasteiger partial charge in [0.05, 0.1) is 15.9 Å². The lowest BCUT2D eigenvalue weighted by Gasteiger charge is -2.23. The molecule has 0 saturated heterocycles. The molecule has 0 amide bonds. The minimum absolute atomic E-state index is 0.110. The van der Waals surface area contributed by atoms with Gasteiger partial charge in [0.25, 0.3) is 0 Å². The Morgan fingerprint density at radius 1 is 1.40 bits per heavy atom. The van der Waals surface area contributed by atoms with E-state index in [9.17, 15) is 0 Å². The summed E-state index contributed by atoms with van der Waals surface area (Å²) >= 11 is 14.6. The monoisotopic (exact) mass is 328 g/mol. The zero-order valence-electron chi connectivity index (χ0n) is 11.6. The van der Waals surface area contributed by atoms with Crippen molar-refractivity contribution in [3.05, 3.63) is 29.0 Å². The fraction of sp³-hybridized carbons (Fsp3) is 0.533.